The molecule has 0 aliphatic carbocycles. The summed E-state index contributed by atoms with van der Waals surface area (Å²) in [7, 11) is 0. The van der Waals surface area contributed by atoms with E-state index >= 15 is 0 Å². The summed E-state index contributed by atoms with van der Waals surface area (Å²) >= 11 is 5.97. The van der Waals surface area contributed by atoms with Crippen LogP contribution in [0.1, 0.15) is 25.5 Å². The fourth-order valence-corrected chi connectivity index (χ4v) is 2.79. The van der Waals surface area contributed by atoms with Crippen molar-refractivity contribution in [3.05, 3.63) is 65.2 Å². The smallest absolute Gasteiger partial charge is 0.0915 e. The Kier molecular flexibility index (Phi) is 6.90. The van der Waals surface area contributed by atoms with E-state index in [1.807, 2.05) is 24.3 Å². The minimum atomic E-state index is -0.553. The molecule has 0 aliphatic rings. The Morgan fingerprint density at radius 3 is 2.52 bits per heavy atom. The Bertz CT molecular complexity index is 591. The first kappa shape index (κ1) is 17.8. The van der Waals surface area contributed by atoms with Crippen LogP contribution in [0.2, 0.25) is 5.02 Å². The minimum Gasteiger partial charge on any atom is -0.387 e. The van der Waals surface area contributed by atoms with Crippen LogP contribution in [0.3, 0.4) is 0 Å². The normalized spacial score (nSPS) is 13.6. The van der Waals surface area contributed by atoms with Gasteiger partial charge in [0.1, 0.15) is 0 Å². The van der Waals surface area contributed by atoms with Crippen molar-refractivity contribution in [1.82, 2.24) is 5.32 Å². The summed E-state index contributed by atoms with van der Waals surface area (Å²) in [5, 5.41) is 14.3. The van der Waals surface area contributed by atoms with Crippen LogP contribution >= 0.6 is 11.6 Å². The van der Waals surface area contributed by atoms with Gasteiger partial charge < -0.3 is 15.3 Å². The number of aliphatic hydroxyl groups excluding tert-OH is 1. The van der Waals surface area contributed by atoms with Crippen LogP contribution in [0.15, 0.2) is 54.6 Å². The monoisotopic (exact) mass is 332 g/mol. The summed E-state index contributed by atoms with van der Waals surface area (Å²) in [5.74, 6) is 0. The Morgan fingerprint density at radius 1 is 1.13 bits per heavy atom. The van der Waals surface area contributed by atoms with Crippen molar-refractivity contribution in [2.75, 3.05) is 24.5 Å². The maximum absolute atomic E-state index is 10.3. The van der Waals surface area contributed by atoms with Crippen molar-refractivity contribution in [3.63, 3.8) is 0 Å². The van der Waals surface area contributed by atoms with Crippen LogP contribution in [-0.4, -0.2) is 30.8 Å². The molecule has 0 unspecified atom stereocenters. The minimum absolute atomic E-state index is 0.268. The Balaban J connectivity index is 1.85. The molecule has 2 aromatic rings. The first-order valence-electron chi connectivity index (χ1n) is 8.07. The highest BCUT2D eigenvalue weighted by molar-refractivity contribution is 6.30. The molecule has 2 N–H and O–H groups in total. The number of para-hydroxylation sites is 1. The first-order chi connectivity index (χ1) is 11.1. The fraction of sp³-hybridized carbons (Fsp3) is 0.368. The largest absolute Gasteiger partial charge is 0.387 e. The molecule has 0 fully saturated rings. The van der Waals surface area contributed by atoms with E-state index in [1.165, 1.54) is 5.69 Å². The van der Waals surface area contributed by atoms with Gasteiger partial charge >= 0.3 is 0 Å². The predicted octanol–water partition coefficient (Wildman–Crippen LogP) is 3.88. The van der Waals surface area contributed by atoms with Gasteiger partial charge in [-0.25, -0.2) is 0 Å². The molecule has 0 aliphatic heterocycles. The Hall–Kier alpha value is -1.55. The molecule has 4 heteroatoms. The summed E-state index contributed by atoms with van der Waals surface area (Å²) in [6.45, 7) is 6.64. The molecule has 0 radical (unpaired) electrons. The molecule has 2 rings (SSSR count). The van der Waals surface area contributed by atoms with Gasteiger partial charge in [0.2, 0.25) is 0 Å². The van der Waals surface area contributed by atoms with Crippen molar-refractivity contribution in [2.24, 2.45) is 0 Å². The van der Waals surface area contributed by atoms with Gasteiger partial charge in [-0.15, -0.1) is 0 Å². The second kappa shape index (κ2) is 8.92. The summed E-state index contributed by atoms with van der Waals surface area (Å²) in [5.41, 5.74) is 2.06. The molecule has 0 saturated heterocycles. The number of rotatable bonds is 8. The summed E-state index contributed by atoms with van der Waals surface area (Å²) < 4.78 is 0. The average Bonchev–Trinajstić information content (AvgIpc) is 2.58. The number of anilines is 1. The van der Waals surface area contributed by atoms with Crippen LogP contribution in [0.5, 0.6) is 0 Å². The van der Waals surface area contributed by atoms with Crippen LogP contribution in [0.25, 0.3) is 0 Å². The van der Waals surface area contributed by atoms with Crippen molar-refractivity contribution in [1.29, 1.82) is 0 Å². The molecule has 0 amide bonds. The lowest BCUT2D eigenvalue weighted by atomic mass is 10.1. The van der Waals surface area contributed by atoms with Crippen molar-refractivity contribution < 1.29 is 5.11 Å². The molecule has 3 nitrogen and oxygen atoms in total. The van der Waals surface area contributed by atoms with E-state index < -0.39 is 6.10 Å². The molecule has 0 heterocycles. The van der Waals surface area contributed by atoms with Gasteiger partial charge in [-0.1, -0.05) is 41.9 Å². The van der Waals surface area contributed by atoms with Crippen LogP contribution in [0.4, 0.5) is 5.69 Å². The summed E-state index contributed by atoms with van der Waals surface area (Å²) in [6.07, 6.45) is -0.553. The number of nitrogens with one attached hydrogen (secondary N) is 1. The van der Waals surface area contributed by atoms with Gasteiger partial charge in [-0.05, 0) is 43.7 Å². The molecule has 0 spiro atoms. The summed E-state index contributed by atoms with van der Waals surface area (Å²) in [6, 6.07) is 18.0. The SMILES string of the molecule is CCN(C[C@@H](C)NC[C@H](O)c1cccc(Cl)c1)c1ccccc1. The maximum atomic E-state index is 10.3. The predicted molar refractivity (Wildman–Crippen MR) is 98.2 cm³/mol. The number of nitrogens with zero attached hydrogens (tertiary/aromatic N) is 1. The number of aliphatic hydroxyl groups is 1. The Morgan fingerprint density at radius 2 is 1.87 bits per heavy atom. The molecule has 124 valence electrons. The van der Waals surface area contributed by atoms with Gasteiger partial charge in [0.25, 0.3) is 0 Å². The lowest BCUT2D eigenvalue weighted by Gasteiger charge is -2.27. The van der Waals surface area contributed by atoms with E-state index in [-0.39, 0.29) is 6.04 Å². The van der Waals surface area contributed by atoms with Crippen LogP contribution in [-0.2, 0) is 0 Å². The Labute approximate surface area is 143 Å². The third-order valence-electron chi connectivity index (χ3n) is 3.89. The van der Waals surface area contributed by atoms with Crippen molar-refractivity contribution >= 4 is 17.3 Å². The molecular formula is C19H25ClN2O. The fourth-order valence-electron chi connectivity index (χ4n) is 2.60. The first-order valence-corrected chi connectivity index (χ1v) is 8.45. The summed E-state index contributed by atoms with van der Waals surface area (Å²) in [4.78, 5) is 2.32. The number of hydrogen-bond donors (Lipinski definition) is 2. The van der Waals surface area contributed by atoms with Gasteiger partial charge in [0, 0.05) is 36.4 Å². The molecular weight excluding hydrogens is 308 g/mol. The second-order valence-corrected chi connectivity index (χ2v) is 6.19. The van der Waals surface area contributed by atoms with E-state index in [0.29, 0.717) is 11.6 Å². The zero-order chi connectivity index (χ0) is 16.7. The maximum Gasteiger partial charge on any atom is 0.0915 e. The van der Waals surface area contributed by atoms with E-state index in [1.54, 1.807) is 6.07 Å². The van der Waals surface area contributed by atoms with Crippen LogP contribution in [0, 0.1) is 0 Å². The van der Waals surface area contributed by atoms with Crippen LogP contribution < -0.4 is 10.2 Å². The molecule has 0 bridgehead atoms. The highest BCUT2D eigenvalue weighted by Gasteiger charge is 2.12. The number of likely N-dealkylation sites (N-methyl/N-ethyl adjacent to an activating group) is 1. The average molecular weight is 333 g/mol. The molecule has 0 saturated carbocycles. The van der Waals surface area contributed by atoms with Crippen molar-refractivity contribution in [2.45, 2.75) is 26.0 Å². The number of hydrogen-bond acceptors (Lipinski definition) is 3. The second-order valence-electron chi connectivity index (χ2n) is 5.75. The molecule has 0 aromatic heterocycles. The molecule has 2 aromatic carbocycles. The zero-order valence-corrected chi connectivity index (χ0v) is 14.5. The highest BCUT2D eigenvalue weighted by Crippen LogP contribution is 2.17. The van der Waals surface area contributed by atoms with Gasteiger partial charge in [-0.2, -0.15) is 0 Å². The van der Waals surface area contributed by atoms with Gasteiger partial charge in [0.05, 0.1) is 6.10 Å². The third-order valence-corrected chi connectivity index (χ3v) is 4.13. The number of halogens is 1. The standard InChI is InChI=1S/C19H25ClN2O/c1-3-22(18-10-5-4-6-11-18)14-15(2)21-13-19(23)16-8-7-9-17(20)12-16/h4-12,15,19,21,23H,3,13-14H2,1-2H3/t15-,19+/m1/s1. The topological polar surface area (TPSA) is 35.5 Å². The molecule has 2 atom stereocenters. The van der Waals surface area contributed by atoms with E-state index in [2.05, 4.69) is 48.3 Å². The van der Waals surface area contributed by atoms with Crippen molar-refractivity contribution in [3.8, 4) is 0 Å². The highest BCUT2D eigenvalue weighted by atomic mass is 35.5. The van der Waals surface area contributed by atoms with E-state index in [4.69, 9.17) is 11.6 Å². The van der Waals surface area contributed by atoms with Gasteiger partial charge in [0.15, 0.2) is 0 Å². The van der Waals surface area contributed by atoms with E-state index in [9.17, 15) is 5.11 Å². The molecule has 23 heavy (non-hydrogen) atoms. The quantitative estimate of drug-likeness (QED) is 0.770. The third kappa shape index (κ3) is 5.54. The van der Waals surface area contributed by atoms with E-state index in [0.717, 1.165) is 18.7 Å². The lowest BCUT2D eigenvalue weighted by molar-refractivity contribution is 0.171. The zero-order valence-electron chi connectivity index (χ0n) is 13.7. The number of benzene rings is 2. The lowest BCUT2D eigenvalue weighted by Crippen LogP contribution is -2.40. The van der Waals surface area contributed by atoms with Gasteiger partial charge in [-0.3, -0.25) is 0 Å².